The molecule has 0 aromatic heterocycles. The molecule has 3 nitrogen and oxygen atoms in total. The van der Waals surface area contributed by atoms with Gasteiger partial charge in [0.15, 0.2) is 0 Å². The van der Waals surface area contributed by atoms with Crippen molar-refractivity contribution in [1.29, 1.82) is 0 Å². The molecule has 0 aromatic rings. The van der Waals surface area contributed by atoms with E-state index >= 15 is 0 Å². The molecule has 17 heavy (non-hydrogen) atoms. The molecule has 7 heteroatoms. The summed E-state index contributed by atoms with van der Waals surface area (Å²) in [4.78, 5) is 0. The Balaban J connectivity index is 2.28. The summed E-state index contributed by atoms with van der Waals surface area (Å²) in [7, 11) is 0. The molecule has 0 aliphatic carbocycles. The number of hydrogen-bond donors (Lipinski definition) is 1. The van der Waals surface area contributed by atoms with Gasteiger partial charge in [0, 0.05) is 0 Å². The Morgan fingerprint density at radius 2 is 2.18 bits per heavy atom. The van der Waals surface area contributed by atoms with E-state index in [1.807, 2.05) is 0 Å². The van der Waals surface area contributed by atoms with E-state index in [0.29, 0.717) is 13.0 Å². The lowest BCUT2D eigenvalue weighted by molar-refractivity contribution is -0.166. The van der Waals surface area contributed by atoms with E-state index in [1.165, 1.54) is 6.26 Å². The van der Waals surface area contributed by atoms with Crippen molar-refractivity contribution in [2.45, 2.75) is 31.2 Å². The number of hydrogen-bond acceptors (Lipinski definition) is 3. The van der Waals surface area contributed by atoms with E-state index in [2.05, 4.69) is 4.74 Å². The first-order chi connectivity index (χ1) is 7.93. The van der Waals surface area contributed by atoms with Gasteiger partial charge in [-0.2, -0.15) is 8.78 Å². The normalized spacial score (nSPS) is 18.8. The number of ether oxygens (including phenoxy) is 2. The molecule has 1 heterocycles. The summed E-state index contributed by atoms with van der Waals surface area (Å²) in [5.41, 5.74) is 6.40. The zero-order valence-electron chi connectivity index (χ0n) is 9.17. The molecule has 0 bridgehead atoms. The van der Waals surface area contributed by atoms with Crippen LogP contribution in [0.2, 0.25) is 0 Å². The largest absolute Gasteiger partial charge is 0.501 e. The monoisotopic (exact) mass is 257 g/mol. The van der Waals surface area contributed by atoms with Gasteiger partial charge in [-0.05, 0) is 18.4 Å². The predicted octanol–water partition coefficient (Wildman–Crippen LogP) is 1.93. The van der Waals surface area contributed by atoms with Crippen LogP contribution in [-0.2, 0) is 9.47 Å². The maximum absolute atomic E-state index is 12.5. The Morgan fingerprint density at radius 1 is 1.47 bits per heavy atom. The van der Waals surface area contributed by atoms with Crippen LogP contribution in [-0.4, -0.2) is 38.2 Å². The molecule has 1 aliphatic heterocycles. The van der Waals surface area contributed by atoms with Gasteiger partial charge in [-0.3, -0.25) is 0 Å². The second-order valence-electron chi connectivity index (χ2n) is 3.85. The molecule has 0 saturated carbocycles. The van der Waals surface area contributed by atoms with Gasteiger partial charge in [-0.15, -0.1) is 0 Å². The van der Waals surface area contributed by atoms with Crippen LogP contribution in [0.25, 0.3) is 0 Å². The molecule has 1 aliphatic rings. The predicted molar refractivity (Wildman–Crippen MR) is 53.0 cm³/mol. The first-order valence-corrected chi connectivity index (χ1v) is 5.23. The van der Waals surface area contributed by atoms with Crippen molar-refractivity contribution in [2.75, 3.05) is 19.8 Å². The molecule has 1 unspecified atom stereocenters. The third-order valence-electron chi connectivity index (χ3n) is 2.35. The van der Waals surface area contributed by atoms with Gasteiger partial charge in [-0.1, -0.05) is 0 Å². The summed E-state index contributed by atoms with van der Waals surface area (Å²) >= 11 is 0. The maximum Gasteiger partial charge on any atom is 0.330 e. The summed E-state index contributed by atoms with van der Waals surface area (Å²) < 4.78 is 58.1. The van der Waals surface area contributed by atoms with Gasteiger partial charge >= 0.3 is 12.3 Å². The zero-order valence-corrected chi connectivity index (χ0v) is 9.17. The number of rotatable bonds is 6. The van der Waals surface area contributed by atoms with Gasteiger partial charge < -0.3 is 15.2 Å². The summed E-state index contributed by atoms with van der Waals surface area (Å²) in [6.45, 7) is -0.954. The molecular formula is C10H15F4NO2. The molecule has 1 atom stereocenters. The average molecular weight is 257 g/mol. The topological polar surface area (TPSA) is 44.5 Å². The van der Waals surface area contributed by atoms with Crippen LogP contribution in [0.5, 0.6) is 0 Å². The van der Waals surface area contributed by atoms with Gasteiger partial charge in [0.2, 0.25) is 0 Å². The second-order valence-corrected chi connectivity index (χ2v) is 3.85. The standard InChI is InChI=1S/C10H15F4NO2/c11-9(12)10(13,14)6-17-5-8(15)7-2-1-3-16-4-7/h4,8-9H,1-3,5-6,15H2. The SMILES string of the molecule is NC(COCC(F)(F)C(F)F)C1=COCCC1. The van der Waals surface area contributed by atoms with Crippen molar-refractivity contribution >= 4 is 0 Å². The van der Waals surface area contributed by atoms with Crippen LogP contribution in [0.1, 0.15) is 12.8 Å². The van der Waals surface area contributed by atoms with Crippen LogP contribution in [0.15, 0.2) is 11.8 Å². The second kappa shape index (κ2) is 6.20. The summed E-state index contributed by atoms with van der Waals surface area (Å²) in [6.07, 6.45) is -0.749. The molecule has 2 N–H and O–H groups in total. The van der Waals surface area contributed by atoms with Gasteiger partial charge in [-0.25, -0.2) is 8.78 Å². The molecule has 100 valence electrons. The fourth-order valence-electron chi connectivity index (χ4n) is 1.35. The van der Waals surface area contributed by atoms with Crippen LogP contribution >= 0.6 is 0 Å². The van der Waals surface area contributed by atoms with Crippen LogP contribution < -0.4 is 5.73 Å². The number of halogens is 4. The third kappa shape index (κ3) is 4.51. The molecule has 0 fully saturated rings. The van der Waals surface area contributed by atoms with Crippen LogP contribution in [0, 0.1) is 0 Å². The molecule has 0 spiro atoms. The lowest BCUT2D eigenvalue weighted by Crippen LogP contribution is -2.36. The van der Waals surface area contributed by atoms with E-state index in [0.717, 1.165) is 12.0 Å². The summed E-state index contributed by atoms with van der Waals surface area (Å²) in [5.74, 6) is -4.13. The minimum absolute atomic E-state index is 0.225. The molecule has 1 rings (SSSR count). The Labute approximate surface area is 96.6 Å². The molecular weight excluding hydrogens is 242 g/mol. The van der Waals surface area contributed by atoms with Crippen LogP contribution in [0.3, 0.4) is 0 Å². The Hall–Kier alpha value is -0.820. The number of nitrogens with two attached hydrogens (primary N) is 1. The highest BCUT2D eigenvalue weighted by molar-refractivity contribution is 5.08. The van der Waals surface area contributed by atoms with Crippen molar-refractivity contribution in [3.8, 4) is 0 Å². The van der Waals surface area contributed by atoms with Gasteiger partial charge in [0.1, 0.15) is 6.61 Å². The maximum atomic E-state index is 12.5. The van der Waals surface area contributed by atoms with E-state index < -0.39 is 25.0 Å². The lowest BCUT2D eigenvalue weighted by Gasteiger charge is -2.21. The number of alkyl halides is 4. The van der Waals surface area contributed by atoms with E-state index in [-0.39, 0.29) is 6.61 Å². The van der Waals surface area contributed by atoms with Crippen molar-refractivity contribution in [3.05, 3.63) is 11.8 Å². The quantitative estimate of drug-likeness (QED) is 0.739. The third-order valence-corrected chi connectivity index (χ3v) is 2.35. The highest BCUT2D eigenvalue weighted by atomic mass is 19.3. The summed E-state index contributed by atoms with van der Waals surface area (Å²) in [6, 6.07) is -0.594. The minimum atomic E-state index is -4.13. The van der Waals surface area contributed by atoms with Crippen molar-refractivity contribution in [3.63, 3.8) is 0 Å². The molecule has 0 saturated heterocycles. The van der Waals surface area contributed by atoms with E-state index in [9.17, 15) is 17.6 Å². The summed E-state index contributed by atoms with van der Waals surface area (Å²) in [5, 5.41) is 0. The van der Waals surface area contributed by atoms with Crippen LogP contribution in [0.4, 0.5) is 17.6 Å². The van der Waals surface area contributed by atoms with Crippen molar-refractivity contribution in [1.82, 2.24) is 0 Å². The molecule has 0 amide bonds. The van der Waals surface area contributed by atoms with E-state index in [4.69, 9.17) is 10.5 Å². The smallest absolute Gasteiger partial charge is 0.330 e. The fraction of sp³-hybridized carbons (Fsp3) is 0.800. The first-order valence-electron chi connectivity index (χ1n) is 5.23. The zero-order chi connectivity index (χ0) is 12.9. The van der Waals surface area contributed by atoms with Crippen molar-refractivity contribution < 1.29 is 27.0 Å². The highest BCUT2D eigenvalue weighted by Crippen LogP contribution is 2.23. The fourth-order valence-corrected chi connectivity index (χ4v) is 1.35. The highest BCUT2D eigenvalue weighted by Gasteiger charge is 2.41. The molecule has 0 radical (unpaired) electrons. The molecule has 0 aromatic carbocycles. The van der Waals surface area contributed by atoms with Gasteiger partial charge in [0.25, 0.3) is 0 Å². The first kappa shape index (κ1) is 14.2. The van der Waals surface area contributed by atoms with E-state index in [1.54, 1.807) is 0 Å². The Bertz CT molecular complexity index is 271. The van der Waals surface area contributed by atoms with Gasteiger partial charge in [0.05, 0.1) is 25.5 Å². The van der Waals surface area contributed by atoms with Crippen molar-refractivity contribution in [2.24, 2.45) is 5.73 Å². The minimum Gasteiger partial charge on any atom is -0.501 e. The average Bonchev–Trinajstić information content (AvgIpc) is 2.29. The lowest BCUT2D eigenvalue weighted by atomic mass is 10.0. The Morgan fingerprint density at radius 3 is 2.71 bits per heavy atom. The Kier molecular flexibility index (Phi) is 5.20.